The van der Waals surface area contributed by atoms with Gasteiger partial charge in [0.15, 0.2) is 0 Å². The highest BCUT2D eigenvalue weighted by molar-refractivity contribution is 5.15. The molecule has 1 rings (SSSR count). The Kier molecular flexibility index (Phi) is 4.91. The van der Waals surface area contributed by atoms with Gasteiger partial charge >= 0.3 is 0 Å². The Morgan fingerprint density at radius 2 is 1.94 bits per heavy atom. The maximum atomic E-state index is 10.1. The molecule has 2 N–H and O–H groups in total. The molecule has 1 aromatic carbocycles. The normalized spacial score (nSPS) is 16.2. The Bertz CT molecular complexity index is 354. The summed E-state index contributed by atoms with van der Waals surface area (Å²) < 4.78 is 0. The van der Waals surface area contributed by atoms with Gasteiger partial charge in [-0.3, -0.25) is 0 Å². The van der Waals surface area contributed by atoms with E-state index in [9.17, 15) is 10.2 Å². The molecule has 0 unspecified atom stereocenters. The number of hydrogen-bond donors (Lipinski definition) is 2. The molecule has 17 heavy (non-hydrogen) atoms. The molecule has 0 aliphatic rings. The summed E-state index contributed by atoms with van der Waals surface area (Å²) in [5.41, 5.74) is 1.15. The first-order chi connectivity index (χ1) is 7.89. The molecule has 0 fully saturated rings. The SMILES string of the molecule is C=C(C)C[C@@](C)(O)C[C@H](O)Cc1ccccc1. The van der Waals surface area contributed by atoms with Crippen LogP contribution in [0.25, 0.3) is 0 Å². The van der Waals surface area contributed by atoms with E-state index in [0.717, 1.165) is 11.1 Å². The molecule has 0 aromatic heterocycles. The van der Waals surface area contributed by atoms with Crippen LogP contribution in [0.1, 0.15) is 32.3 Å². The van der Waals surface area contributed by atoms with E-state index in [4.69, 9.17) is 0 Å². The van der Waals surface area contributed by atoms with Crippen molar-refractivity contribution in [1.82, 2.24) is 0 Å². The number of rotatable bonds is 6. The monoisotopic (exact) mass is 234 g/mol. The van der Waals surface area contributed by atoms with Gasteiger partial charge in [0, 0.05) is 6.42 Å². The minimum atomic E-state index is -0.875. The van der Waals surface area contributed by atoms with Crippen molar-refractivity contribution in [2.24, 2.45) is 0 Å². The maximum absolute atomic E-state index is 10.1. The maximum Gasteiger partial charge on any atom is 0.0681 e. The van der Waals surface area contributed by atoms with Crippen molar-refractivity contribution < 1.29 is 10.2 Å². The van der Waals surface area contributed by atoms with Crippen LogP contribution in [0, 0.1) is 0 Å². The molecule has 1 aromatic rings. The average Bonchev–Trinajstić information content (AvgIpc) is 2.15. The summed E-state index contributed by atoms with van der Waals surface area (Å²) in [4.78, 5) is 0. The van der Waals surface area contributed by atoms with E-state index in [1.165, 1.54) is 0 Å². The molecular formula is C15H22O2. The summed E-state index contributed by atoms with van der Waals surface area (Å²) in [5.74, 6) is 0. The van der Waals surface area contributed by atoms with Gasteiger partial charge in [0.25, 0.3) is 0 Å². The van der Waals surface area contributed by atoms with Gasteiger partial charge in [-0.05, 0) is 32.3 Å². The molecule has 0 saturated heterocycles. The molecule has 2 nitrogen and oxygen atoms in total. The largest absolute Gasteiger partial charge is 0.393 e. The summed E-state index contributed by atoms with van der Waals surface area (Å²) >= 11 is 0. The van der Waals surface area contributed by atoms with Gasteiger partial charge in [-0.1, -0.05) is 35.9 Å². The van der Waals surface area contributed by atoms with Gasteiger partial charge < -0.3 is 10.2 Å². The first-order valence-corrected chi connectivity index (χ1v) is 5.98. The van der Waals surface area contributed by atoms with Gasteiger partial charge in [0.2, 0.25) is 0 Å². The van der Waals surface area contributed by atoms with Crippen LogP contribution < -0.4 is 0 Å². The van der Waals surface area contributed by atoms with Crippen LogP contribution in [0.4, 0.5) is 0 Å². The molecule has 0 radical (unpaired) electrons. The lowest BCUT2D eigenvalue weighted by Crippen LogP contribution is -2.31. The highest BCUT2D eigenvalue weighted by atomic mass is 16.3. The second-order valence-corrected chi connectivity index (χ2v) is 5.18. The summed E-state index contributed by atoms with van der Waals surface area (Å²) in [6.45, 7) is 7.42. The molecule has 0 spiro atoms. The average molecular weight is 234 g/mol. The van der Waals surface area contributed by atoms with Crippen molar-refractivity contribution in [3.63, 3.8) is 0 Å². The molecule has 0 heterocycles. The lowest BCUT2D eigenvalue weighted by atomic mass is 9.89. The summed E-state index contributed by atoms with van der Waals surface area (Å²) in [6.07, 6.45) is 0.951. The van der Waals surface area contributed by atoms with E-state index >= 15 is 0 Å². The van der Waals surface area contributed by atoms with Crippen molar-refractivity contribution in [3.8, 4) is 0 Å². The van der Waals surface area contributed by atoms with Gasteiger partial charge in [-0.2, -0.15) is 0 Å². The smallest absolute Gasteiger partial charge is 0.0681 e. The standard InChI is InChI=1S/C15H22O2/c1-12(2)10-15(3,17)11-14(16)9-13-7-5-4-6-8-13/h4-8,14,16-17H,1,9-11H2,2-3H3/t14-,15-/m1/s1. The second kappa shape index (κ2) is 5.99. The van der Waals surface area contributed by atoms with Crippen molar-refractivity contribution in [2.45, 2.75) is 44.8 Å². The van der Waals surface area contributed by atoms with Crippen molar-refractivity contribution in [1.29, 1.82) is 0 Å². The Labute approximate surface area is 104 Å². The zero-order chi connectivity index (χ0) is 12.9. The Hall–Kier alpha value is -1.12. The Morgan fingerprint density at radius 1 is 1.35 bits per heavy atom. The molecule has 2 atom stereocenters. The van der Waals surface area contributed by atoms with Crippen LogP contribution in [0.2, 0.25) is 0 Å². The predicted molar refractivity (Wildman–Crippen MR) is 70.8 cm³/mol. The molecule has 0 amide bonds. The fourth-order valence-corrected chi connectivity index (χ4v) is 2.19. The van der Waals surface area contributed by atoms with Crippen LogP contribution in [0.15, 0.2) is 42.5 Å². The first-order valence-electron chi connectivity index (χ1n) is 5.98. The zero-order valence-corrected chi connectivity index (χ0v) is 10.7. The number of aliphatic hydroxyl groups excluding tert-OH is 1. The molecule has 0 aliphatic carbocycles. The van der Waals surface area contributed by atoms with Crippen molar-refractivity contribution >= 4 is 0 Å². The number of hydrogen-bond acceptors (Lipinski definition) is 2. The van der Waals surface area contributed by atoms with Crippen LogP contribution in [-0.2, 0) is 6.42 Å². The molecule has 0 saturated carbocycles. The van der Waals surface area contributed by atoms with E-state index in [1.807, 2.05) is 37.3 Å². The van der Waals surface area contributed by atoms with Crippen LogP contribution in [-0.4, -0.2) is 21.9 Å². The van der Waals surface area contributed by atoms with Gasteiger partial charge in [0.1, 0.15) is 0 Å². The highest BCUT2D eigenvalue weighted by Crippen LogP contribution is 2.22. The quantitative estimate of drug-likeness (QED) is 0.743. The minimum absolute atomic E-state index is 0.370. The van der Waals surface area contributed by atoms with Crippen molar-refractivity contribution in [3.05, 3.63) is 48.0 Å². The third-order valence-corrected chi connectivity index (χ3v) is 2.67. The molecule has 2 heteroatoms. The van der Waals surface area contributed by atoms with E-state index in [-0.39, 0.29) is 0 Å². The van der Waals surface area contributed by atoms with Gasteiger partial charge in [-0.15, -0.1) is 6.58 Å². The van der Waals surface area contributed by atoms with Crippen LogP contribution >= 0.6 is 0 Å². The summed E-state index contributed by atoms with van der Waals surface area (Å²) in [6, 6.07) is 9.82. The van der Waals surface area contributed by atoms with Crippen LogP contribution in [0.5, 0.6) is 0 Å². The molecular weight excluding hydrogens is 212 g/mol. The van der Waals surface area contributed by atoms with Gasteiger partial charge in [0.05, 0.1) is 11.7 Å². The second-order valence-electron chi connectivity index (χ2n) is 5.18. The fraction of sp³-hybridized carbons (Fsp3) is 0.467. The topological polar surface area (TPSA) is 40.5 Å². The van der Waals surface area contributed by atoms with Crippen molar-refractivity contribution in [2.75, 3.05) is 0 Å². The number of aliphatic hydroxyl groups is 2. The van der Waals surface area contributed by atoms with E-state index in [2.05, 4.69) is 6.58 Å². The van der Waals surface area contributed by atoms with E-state index < -0.39 is 11.7 Å². The zero-order valence-electron chi connectivity index (χ0n) is 10.7. The summed E-state index contributed by atoms with van der Waals surface area (Å²) in [5, 5.41) is 20.1. The highest BCUT2D eigenvalue weighted by Gasteiger charge is 2.24. The lowest BCUT2D eigenvalue weighted by Gasteiger charge is -2.26. The van der Waals surface area contributed by atoms with E-state index in [1.54, 1.807) is 6.92 Å². The Morgan fingerprint density at radius 3 is 2.47 bits per heavy atom. The lowest BCUT2D eigenvalue weighted by molar-refractivity contribution is 0.00473. The van der Waals surface area contributed by atoms with Crippen LogP contribution in [0.3, 0.4) is 0 Å². The molecule has 0 aliphatic heterocycles. The molecule has 0 bridgehead atoms. The first kappa shape index (κ1) is 13.9. The summed E-state index contributed by atoms with van der Waals surface area (Å²) in [7, 11) is 0. The Balaban J connectivity index is 2.49. The number of benzene rings is 1. The predicted octanol–water partition coefficient (Wildman–Crippen LogP) is 2.70. The van der Waals surface area contributed by atoms with E-state index in [0.29, 0.717) is 19.3 Å². The van der Waals surface area contributed by atoms with Gasteiger partial charge in [-0.25, -0.2) is 0 Å². The third kappa shape index (κ3) is 5.66. The fourth-order valence-electron chi connectivity index (χ4n) is 2.19. The molecule has 94 valence electrons. The minimum Gasteiger partial charge on any atom is -0.393 e. The third-order valence-electron chi connectivity index (χ3n) is 2.67.